The van der Waals surface area contributed by atoms with E-state index in [2.05, 4.69) is 25.4 Å². The maximum absolute atomic E-state index is 12.9. The molecule has 1 aliphatic heterocycles. The second-order valence-electron chi connectivity index (χ2n) is 6.80. The minimum atomic E-state index is -4.18. The minimum Gasteiger partial charge on any atom is -0.467 e. The second-order valence-corrected chi connectivity index (χ2v) is 6.80. The van der Waals surface area contributed by atoms with Crippen LogP contribution in [0.2, 0.25) is 0 Å². The van der Waals surface area contributed by atoms with E-state index in [-0.39, 0.29) is 43.3 Å². The molecule has 0 aliphatic carbocycles. The molecule has 4 rings (SSSR count). The predicted molar refractivity (Wildman–Crippen MR) is 101 cm³/mol. The molecule has 3 aromatic rings. The van der Waals surface area contributed by atoms with Crippen molar-refractivity contribution < 1.29 is 22.7 Å². The van der Waals surface area contributed by atoms with E-state index in [1.807, 2.05) is 0 Å². The van der Waals surface area contributed by atoms with Crippen LogP contribution in [-0.4, -0.2) is 56.8 Å². The number of nitrogens with zero attached hydrogens (tertiary/aromatic N) is 6. The predicted octanol–water partition coefficient (Wildman–Crippen LogP) is 2.56. The smallest absolute Gasteiger partial charge is 0.391 e. The molecule has 1 aliphatic rings. The Morgan fingerprint density at radius 1 is 1.23 bits per heavy atom. The number of carbonyl (C=O) groups excluding carboxylic acids is 1. The average Bonchev–Trinajstić information content (AvgIpc) is 3.17. The molecule has 4 heterocycles. The first kappa shape index (κ1) is 19.9. The molecule has 0 bridgehead atoms. The van der Waals surface area contributed by atoms with Gasteiger partial charge in [-0.05, 0) is 25.0 Å². The van der Waals surface area contributed by atoms with Crippen molar-refractivity contribution in [2.24, 2.45) is 5.92 Å². The monoisotopic (exact) mass is 421 g/mol. The fourth-order valence-corrected chi connectivity index (χ4v) is 3.32. The molecule has 0 spiro atoms. The first-order valence-electron chi connectivity index (χ1n) is 9.19. The summed E-state index contributed by atoms with van der Waals surface area (Å²) in [6, 6.07) is 3.29. The number of hydrogen-bond donors (Lipinski definition) is 1. The minimum absolute atomic E-state index is 0.0124. The van der Waals surface area contributed by atoms with Crippen molar-refractivity contribution in [3.8, 4) is 6.01 Å². The fourth-order valence-electron chi connectivity index (χ4n) is 3.32. The number of methoxy groups -OCH3 is 1. The van der Waals surface area contributed by atoms with Crippen LogP contribution in [0.25, 0.3) is 5.65 Å². The standard InChI is InChI=1S/C18H18F3N7O2/c1-30-17-22-6-2-13(25-17)24-16(29)12-10-23-28-9-5-14(26-15(12)28)27-7-3-11(4-8-27)18(19,20)21/h2,5-6,9-11H,3-4,7-8H2,1H3,(H,22,24,25,29). The Bertz CT molecular complexity index is 1060. The molecule has 30 heavy (non-hydrogen) atoms. The van der Waals surface area contributed by atoms with Crippen molar-refractivity contribution in [1.82, 2.24) is 24.6 Å². The number of halogens is 3. The van der Waals surface area contributed by atoms with Gasteiger partial charge in [-0.15, -0.1) is 0 Å². The number of anilines is 2. The van der Waals surface area contributed by atoms with Gasteiger partial charge in [-0.1, -0.05) is 0 Å². The summed E-state index contributed by atoms with van der Waals surface area (Å²) in [5.74, 6) is -1.03. The van der Waals surface area contributed by atoms with Crippen LogP contribution < -0.4 is 15.0 Å². The molecule has 0 unspecified atom stereocenters. The zero-order chi connectivity index (χ0) is 21.3. The van der Waals surface area contributed by atoms with Crippen LogP contribution >= 0.6 is 0 Å². The quantitative estimate of drug-likeness (QED) is 0.691. The number of hydrogen-bond acceptors (Lipinski definition) is 7. The summed E-state index contributed by atoms with van der Waals surface area (Å²) in [5, 5.41) is 6.74. The summed E-state index contributed by atoms with van der Waals surface area (Å²) >= 11 is 0. The molecule has 0 radical (unpaired) electrons. The molecule has 1 fully saturated rings. The Morgan fingerprint density at radius 2 is 2.00 bits per heavy atom. The molecule has 0 saturated carbocycles. The Hall–Kier alpha value is -3.44. The number of carbonyl (C=O) groups is 1. The summed E-state index contributed by atoms with van der Waals surface area (Å²) in [6.45, 7) is 0.480. The Labute approximate surface area is 168 Å². The first-order valence-corrected chi connectivity index (χ1v) is 9.19. The Balaban J connectivity index is 1.54. The van der Waals surface area contributed by atoms with E-state index in [1.165, 1.54) is 30.1 Å². The van der Waals surface area contributed by atoms with Gasteiger partial charge in [0, 0.05) is 25.5 Å². The fraction of sp³-hybridized carbons (Fsp3) is 0.389. The van der Waals surface area contributed by atoms with E-state index in [0.717, 1.165) is 0 Å². The van der Waals surface area contributed by atoms with Crippen LogP contribution in [0.15, 0.2) is 30.7 Å². The highest BCUT2D eigenvalue weighted by Gasteiger charge is 2.41. The van der Waals surface area contributed by atoms with Gasteiger partial charge in [0.1, 0.15) is 17.2 Å². The van der Waals surface area contributed by atoms with Crippen LogP contribution in [0.1, 0.15) is 23.2 Å². The first-order chi connectivity index (χ1) is 14.3. The highest BCUT2D eigenvalue weighted by Crippen LogP contribution is 2.35. The highest BCUT2D eigenvalue weighted by molar-refractivity contribution is 6.07. The number of aromatic nitrogens is 5. The molecule has 1 N–H and O–H groups in total. The molecule has 3 aromatic heterocycles. The van der Waals surface area contributed by atoms with Gasteiger partial charge in [0.05, 0.1) is 19.2 Å². The van der Waals surface area contributed by atoms with Gasteiger partial charge >= 0.3 is 12.2 Å². The lowest BCUT2D eigenvalue weighted by molar-refractivity contribution is -0.179. The maximum Gasteiger partial charge on any atom is 0.391 e. The SMILES string of the molecule is COc1nccc(NC(=O)c2cnn3ccc(N4CCC(C(F)(F)F)CC4)nc23)n1. The van der Waals surface area contributed by atoms with Crippen LogP contribution in [-0.2, 0) is 0 Å². The third-order valence-corrected chi connectivity index (χ3v) is 4.94. The van der Waals surface area contributed by atoms with E-state index in [0.29, 0.717) is 11.5 Å². The van der Waals surface area contributed by atoms with Crippen molar-refractivity contribution in [3.63, 3.8) is 0 Å². The molecule has 0 atom stereocenters. The molecule has 1 amide bonds. The normalized spacial score (nSPS) is 15.4. The number of ether oxygens (including phenoxy) is 1. The summed E-state index contributed by atoms with van der Waals surface area (Å²) in [4.78, 5) is 26.8. The molecule has 12 heteroatoms. The van der Waals surface area contributed by atoms with E-state index < -0.39 is 18.0 Å². The molecule has 1 saturated heterocycles. The lowest BCUT2D eigenvalue weighted by Gasteiger charge is -2.33. The lowest BCUT2D eigenvalue weighted by Crippen LogP contribution is -2.39. The molecular formula is C18H18F3N7O2. The van der Waals surface area contributed by atoms with E-state index in [1.54, 1.807) is 17.2 Å². The Morgan fingerprint density at radius 3 is 2.70 bits per heavy atom. The molecule has 9 nitrogen and oxygen atoms in total. The van der Waals surface area contributed by atoms with Crippen LogP contribution in [0.4, 0.5) is 24.8 Å². The van der Waals surface area contributed by atoms with Crippen molar-refractivity contribution >= 4 is 23.2 Å². The third kappa shape index (κ3) is 3.98. The van der Waals surface area contributed by atoms with Crippen LogP contribution in [0, 0.1) is 5.92 Å². The van der Waals surface area contributed by atoms with E-state index >= 15 is 0 Å². The average molecular weight is 421 g/mol. The van der Waals surface area contributed by atoms with Gasteiger partial charge in [-0.25, -0.2) is 14.5 Å². The summed E-state index contributed by atoms with van der Waals surface area (Å²) in [5.41, 5.74) is 0.503. The number of amides is 1. The summed E-state index contributed by atoms with van der Waals surface area (Å²) in [7, 11) is 1.41. The Kier molecular flexibility index (Phi) is 5.14. The molecule has 0 aromatic carbocycles. The van der Waals surface area contributed by atoms with Crippen molar-refractivity contribution in [2.75, 3.05) is 30.4 Å². The van der Waals surface area contributed by atoms with Crippen molar-refractivity contribution in [1.29, 1.82) is 0 Å². The summed E-state index contributed by atoms with van der Waals surface area (Å²) in [6.07, 6.45) is 0.285. The summed E-state index contributed by atoms with van der Waals surface area (Å²) < 4.78 is 45.1. The van der Waals surface area contributed by atoms with Crippen molar-refractivity contribution in [3.05, 3.63) is 36.3 Å². The van der Waals surface area contributed by atoms with Crippen LogP contribution in [0.3, 0.4) is 0 Å². The maximum atomic E-state index is 12.9. The van der Waals surface area contributed by atoms with Crippen LogP contribution in [0.5, 0.6) is 6.01 Å². The largest absolute Gasteiger partial charge is 0.467 e. The van der Waals surface area contributed by atoms with Gasteiger partial charge in [-0.3, -0.25) is 4.79 Å². The third-order valence-electron chi connectivity index (χ3n) is 4.94. The van der Waals surface area contributed by atoms with E-state index in [9.17, 15) is 18.0 Å². The molecular weight excluding hydrogens is 403 g/mol. The molecule has 158 valence electrons. The van der Waals surface area contributed by atoms with Gasteiger partial charge < -0.3 is 15.0 Å². The topological polar surface area (TPSA) is 97.5 Å². The number of rotatable bonds is 4. The zero-order valence-electron chi connectivity index (χ0n) is 15.9. The second kappa shape index (κ2) is 7.76. The number of piperidine rings is 1. The zero-order valence-corrected chi connectivity index (χ0v) is 15.9. The number of alkyl halides is 3. The number of fused-ring (bicyclic) bond motifs is 1. The lowest BCUT2D eigenvalue weighted by atomic mass is 9.96. The highest BCUT2D eigenvalue weighted by atomic mass is 19.4. The number of nitrogens with one attached hydrogen (secondary N) is 1. The van der Waals surface area contributed by atoms with Gasteiger partial charge in [0.2, 0.25) is 0 Å². The van der Waals surface area contributed by atoms with Crippen molar-refractivity contribution in [2.45, 2.75) is 19.0 Å². The van der Waals surface area contributed by atoms with Gasteiger partial charge in [0.25, 0.3) is 5.91 Å². The van der Waals surface area contributed by atoms with Gasteiger partial charge in [0.15, 0.2) is 5.65 Å². The van der Waals surface area contributed by atoms with E-state index in [4.69, 9.17) is 4.74 Å². The van der Waals surface area contributed by atoms with Gasteiger partial charge in [-0.2, -0.15) is 23.3 Å².